The SMILES string of the molecule is C=S1(=O)NC(=O)c2ccc3c(c2)N(C[C@@H]2CC[C@H]2[C@@](CN2CCN(CCC#N)CC2)(OC)/C=C/C[C@H](C)[C@H]1C)C[C@@]1(CCCc2cc(Cl)ccc21)CO3. The zero-order valence-electron chi connectivity index (χ0n) is 31.7. The molecule has 5 aliphatic rings. The van der Waals surface area contributed by atoms with Crippen molar-refractivity contribution in [3.63, 3.8) is 0 Å². The standard InChI is InChI=1S/C42H56ClN5O4S/c1-30-8-5-17-42(51-3,28-47-22-20-46(21-23-47)19-7-18-44)37-13-10-34(37)26-48-27-41(16-6-9-32-24-35(43)12-14-36(32)41)29-52-39-15-11-33(25-38(39)48)40(49)45-53(4,50)31(30)2/h5,11-12,14-15,17,24-25,30-31,34,37H,4,6-10,13,16,19-23,26-29H2,1-3H3,(H,45,49,50)/b17-5+/t30-,31+,34-,37+,41-,42+,53?/m0/s1. The van der Waals surface area contributed by atoms with Crippen LogP contribution in [0.3, 0.4) is 0 Å². The molecule has 2 bridgehead atoms. The van der Waals surface area contributed by atoms with Crippen molar-refractivity contribution in [2.75, 3.05) is 71.0 Å². The van der Waals surface area contributed by atoms with Gasteiger partial charge in [-0.05, 0) is 111 Å². The van der Waals surface area contributed by atoms with Gasteiger partial charge in [0, 0.05) is 87.1 Å². The van der Waals surface area contributed by atoms with Crippen molar-refractivity contribution in [1.29, 1.82) is 5.26 Å². The number of ether oxygens (including phenoxy) is 2. The Hall–Kier alpha value is -3.07. The molecule has 1 spiro atoms. The highest BCUT2D eigenvalue weighted by atomic mass is 35.5. The molecule has 1 N–H and O–H groups in total. The van der Waals surface area contributed by atoms with E-state index in [1.165, 1.54) is 11.1 Å². The van der Waals surface area contributed by atoms with Crippen LogP contribution in [0.4, 0.5) is 5.69 Å². The maximum atomic E-state index is 14.0. The lowest BCUT2D eigenvalue weighted by Gasteiger charge is -2.52. The van der Waals surface area contributed by atoms with Crippen molar-refractivity contribution >= 4 is 38.8 Å². The van der Waals surface area contributed by atoms with Crippen LogP contribution in [0, 0.1) is 29.1 Å². The first-order chi connectivity index (χ1) is 25.5. The van der Waals surface area contributed by atoms with Gasteiger partial charge in [-0.1, -0.05) is 36.7 Å². The molecule has 1 amide bonds. The van der Waals surface area contributed by atoms with Gasteiger partial charge in [0.25, 0.3) is 5.91 Å². The molecule has 3 heterocycles. The van der Waals surface area contributed by atoms with Crippen LogP contribution in [0.5, 0.6) is 5.75 Å². The number of nitrogens with one attached hydrogen (secondary N) is 1. The largest absolute Gasteiger partial charge is 0.490 e. The van der Waals surface area contributed by atoms with Crippen LogP contribution in [0.15, 0.2) is 48.6 Å². The van der Waals surface area contributed by atoms with Crippen molar-refractivity contribution < 1.29 is 18.5 Å². The van der Waals surface area contributed by atoms with Gasteiger partial charge < -0.3 is 14.4 Å². The van der Waals surface area contributed by atoms with Crippen LogP contribution >= 0.6 is 11.6 Å². The topological polar surface area (TPSA) is 98.1 Å². The Kier molecular flexibility index (Phi) is 11.2. The van der Waals surface area contributed by atoms with E-state index in [0.717, 1.165) is 101 Å². The van der Waals surface area contributed by atoms with E-state index in [2.05, 4.69) is 62.6 Å². The van der Waals surface area contributed by atoms with Gasteiger partial charge >= 0.3 is 0 Å². The highest BCUT2D eigenvalue weighted by molar-refractivity contribution is 7.99. The fourth-order valence-electron chi connectivity index (χ4n) is 9.63. The average molecular weight is 762 g/mol. The quantitative estimate of drug-likeness (QED) is 0.289. The lowest BCUT2D eigenvalue weighted by Crippen LogP contribution is -2.59. The molecule has 2 fully saturated rings. The minimum Gasteiger partial charge on any atom is -0.490 e. The molecule has 0 radical (unpaired) electrons. The smallest absolute Gasteiger partial charge is 0.262 e. The fraction of sp³-hybridized carbons (Fsp3) is 0.595. The van der Waals surface area contributed by atoms with E-state index in [9.17, 15) is 9.00 Å². The number of halogens is 1. The molecule has 53 heavy (non-hydrogen) atoms. The molecular weight excluding hydrogens is 706 g/mol. The number of fused-ring (bicyclic) bond motifs is 4. The molecule has 0 aromatic heterocycles. The Morgan fingerprint density at radius 1 is 1.13 bits per heavy atom. The fourth-order valence-corrected chi connectivity index (χ4v) is 11.3. The summed E-state index contributed by atoms with van der Waals surface area (Å²) in [5.41, 5.74) is 3.21. The lowest BCUT2D eigenvalue weighted by atomic mass is 9.63. The van der Waals surface area contributed by atoms with Gasteiger partial charge in [-0.3, -0.25) is 19.3 Å². The number of amides is 1. The molecule has 7 rings (SSSR count). The van der Waals surface area contributed by atoms with Crippen LogP contribution in [0.25, 0.3) is 0 Å². The molecule has 3 aliphatic heterocycles. The van der Waals surface area contributed by atoms with Gasteiger partial charge in [0.2, 0.25) is 0 Å². The number of anilines is 1. The lowest BCUT2D eigenvalue weighted by molar-refractivity contribution is -0.0954. The van der Waals surface area contributed by atoms with Gasteiger partial charge in [-0.15, -0.1) is 0 Å². The van der Waals surface area contributed by atoms with E-state index >= 15 is 0 Å². The summed E-state index contributed by atoms with van der Waals surface area (Å²) in [5.74, 6) is 5.11. The molecule has 1 unspecified atom stereocenters. The second-order valence-electron chi connectivity index (χ2n) is 16.4. The third kappa shape index (κ3) is 7.75. The van der Waals surface area contributed by atoms with Crippen molar-refractivity contribution in [2.24, 2.45) is 17.8 Å². The number of nitrogens with zero attached hydrogens (tertiary/aromatic N) is 4. The Balaban J connectivity index is 1.27. The van der Waals surface area contributed by atoms with Crippen LogP contribution in [0.2, 0.25) is 5.02 Å². The highest BCUT2D eigenvalue weighted by Gasteiger charge is 2.50. The van der Waals surface area contributed by atoms with E-state index in [-0.39, 0.29) is 28.4 Å². The molecule has 2 aromatic carbocycles. The monoisotopic (exact) mass is 761 g/mol. The first-order valence-corrected chi connectivity index (χ1v) is 21.7. The molecular formula is C42H56ClN5O4S. The van der Waals surface area contributed by atoms with Crippen molar-refractivity contribution in [2.45, 2.75) is 75.1 Å². The number of methoxy groups -OCH3 is 1. The summed E-state index contributed by atoms with van der Waals surface area (Å²) < 4.78 is 30.3. The summed E-state index contributed by atoms with van der Waals surface area (Å²) in [6, 6.07) is 14.3. The summed E-state index contributed by atoms with van der Waals surface area (Å²) in [6.07, 6.45) is 11.0. The number of rotatable bonds is 5. The van der Waals surface area contributed by atoms with Gasteiger partial charge in [-0.25, -0.2) is 4.21 Å². The summed E-state index contributed by atoms with van der Waals surface area (Å²) in [6.45, 7) is 11.5. The minimum absolute atomic E-state index is 0.0141. The van der Waals surface area contributed by atoms with Crippen LogP contribution in [-0.2, 0) is 26.3 Å². The molecule has 2 aromatic rings. The van der Waals surface area contributed by atoms with E-state index in [4.69, 9.17) is 26.3 Å². The molecule has 2 aliphatic carbocycles. The van der Waals surface area contributed by atoms with Gasteiger partial charge in [0.1, 0.15) is 11.4 Å². The number of hydrogen-bond acceptors (Lipinski definition) is 8. The van der Waals surface area contributed by atoms with Crippen LogP contribution in [-0.4, -0.2) is 103 Å². The van der Waals surface area contributed by atoms with E-state index < -0.39 is 15.3 Å². The third-order valence-electron chi connectivity index (χ3n) is 13.2. The van der Waals surface area contributed by atoms with Gasteiger partial charge in [0.15, 0.2) is 0 Å². The number of piperazine rings is 1. The van der Waals surface area contributed by atoms with Gasteiger partial charge in [-0.2, -0.15) is 5.26 Å². The van der Waals surface area contributed by atoms with E-state index in [1.54, 1.807) is 6.07 Å². The number of nitriles is 1. The second-order valence-corrected chi connectivity index (χ2v) is 19.2. The molecule has 9 nitrogen and oxygen atoms in total. The number of carbonyl (C=O) groups is 1. The Labute approximate surface area is 321 Å². The molecule has 7 atom stereocenters. The summed E-state index contributed by atoms with van der Waals surface area (Å²) in [4.78, 5) is 21.2. The summed E-state index contributed by atoms with van der Waals surface area (Å²) in [7, 11) is -1.10. The van der Waals surface area contributed by atoms with Crippen LogP contribution < -0.4 is 14.4 Å². The van der Waals surface area contributed by atoms with Crippen molar-refractivity contribution in [3.8, 4) is 11.8 Å². The predicted molar refractivity (Wildman–Crippen MR) is 214 cm³/mol. The molecule has 11 heteroatoms. The first-order valence-electron chi connectivity index (χ1n) is 19.5. The first kappa shape index (κ1) is 38.2. The number of aryl methyl sites for hydroxylation is 1. The highest BCUT2D eigenvalue weighted by Crippen LogP contribution is 2.49. The Morgan fingerprint density at radius 2 is 1.92 bits per heavy atom. The zero-order valence-corrected chi connectivity index (χ0v) is 33.2. The number of allylic oxidation sites excluding steroid dienone is 1. The Bertz CT molecular complexity index is 1860. The van der Waals surface area contributed by atoms with Gasteiger partial charge in [0.05, 0.1) is 28.1 Å². The summed E-state index contributed by atoms with van der Waals surface area (Å²) >= 11 is 6.51. The van der Waals surface area contributed by atoms with Crippen molar-refractivity contribution in [1.82, 2.24) is 14.5 Å². The Morgan fingerprint density at radius 3 is 2.66 bits per heavy atom. The number of hydrogen-bond donors (Lipinski definition) is 1. The normalized spacial score (nSPS) is 34.4. The summed E-state index contributed by atoms with van der Waals surface area (Å²) in [5, 5.41) is 9.54. The van der Waals surface area contributed by atoms with Crippen molar-refractivity contribution in [3.05, 3.63) is 70.3 Å². The number of benzene rings is 2. The second kappa shape index (κ2) is 15.6. The maximum absolute atomic E-state index is 14.0. The third-order valence-corrected chi connectivity index (χ3v) is 15.7. The van der Waals surface area contributed by atoms with E-state index in [0.29, 0.717) is 30.9 Å². The predicted octanol–water partition coefficient (Wildman–Crippen LogP) is 6.10. The van der Waals surface area contributed by atoms with Crippen LogP contribution in [0.1, 0.15) is 73.9 Å². The molecule has 286 valence electrons. The molecule has 1 saturated carbocycles. The van der Waals surface area contributed by atoms with E-state index in [1.807, 2.05) is 32.2 Å². The minimum atomic E-state index is -2.97. The maximum Gasteiger partial charge on any atom is 0.262 e. The number of carbonyl (C=O) groups excluding carboxylic acids is 1. The zero-order chi connectivity index (χ0) is 37.4. The molecule has 1 saturated heterocycles. The average Bonchev–Trinajstić information content (AvgIpc) is 3.28.